The first kappa shape index (κ1) is 37.2. The van der Waals surface area contributed by atoms with Crippen LogP contribution in [0.2, 0.25) is 0 Å². The van der Waals surface area contributed by atoms with Gasteiger partial charge in [-0.1, -0.05) is 0 Å². The molecular formula is C28H49O12P. The fourth-order valence-corrected chi connectivity index (χ4v) is 3.68. The van der Waals surface area contributed by atoms with E-state index in [1.54, 1.807) is 83.1 Å². The van der Waals surface area contributed by atoms with E-state index in [2.05, 4.69) is 0 Å². The van der Waals surface area contributed by atoms with Crippen molar-refractivity contribution in [2.24, 2.45) is 21.7 Å². The summed E-state index contributed by atoms with van der Waals surface area (Å²) in [5, 5.41) is 0. The maximum absolute atomic E-state index is 13.2. The monoisotopic (exact) mass is 608 g/mol. The van der Waals surface area contributed by atoms with Crippen LogP contribution in [0.15, 0.2) is 0 Å². The molecule has 1 aliphatic rings. The third-order valence-corrected chi connectivity index (χ3v) is 6.61. The number of carbonyl (C=O) groups excluding carboxylic acids is 4. The van der Waals surface area contributed by atoms with E-state index in [1.807, 2.05) is 0 Å². The maximum Gasteiger partial charge on any atom is 0.334 e. The number of ether oxygens (including phenoxy) is 5. The summed E-state index contributed by atoms with van der Waals surface area (Å²) in [4.78, 5) is 52.1. The number of rotatable bonds is 9. The van der Waals surface area contributed by atoms with Crippen molar-refractivity contribution in [2.75, 3.05) is 20.8 Å². The predicted octanol–water partition coefficient (Wildman–Crippen LogP) is 4.71. The van der Waals surface area contributed by atoms with Crippen LogP contribution in [0.1, 0.15) is 83.1 Å². The van der Waals surface area contributed by atoms with Gasteiger partial charge in [-0.05, 0) is 83.1 Å². The first-order chi connectivity index (χ1) is 18.4. The van der Waals surface area contributed by atoms with Gasteiger partial charge in [-0.2, -0.15) is 0 Å². The van der Waals surface area contributed by atoms with Gasteiger partial charge in [-0.25, -0.2) is 0 Å². The summed E-state index contributed by atoms with van der Waals surface area (Å²) in [5.41, 5.74) is -3.75. The van der Waals surface area contributed by atoms with Crippen molar-refractivity contribution in [3.8, 4) is 0 Å². The Morgan fingerprint density at radius 1 is 0.585 bits per heavy atom. The van der Waals surface area contributed by atoms with Crippen LogP contribution in [0.4, 0.5) is 0 Å². The van der Waals surface area contributed by atoms with Crippen LogP contribution in [0.25, 0.3) is 0 Å². The minimum absolute atomic E-state index is 0.389. The molecule has 0 aromatic rings. The summed E-state index contributed by atoms with van der Waals surface area (Å²) in [5.74, 6) is -2.51. The second kappa shape index (κ2) is 14.1. The average molecular weight is 609 g/mol. The zero-order valence-corrected chi connectivity index (χ0v) is 27.8. The van der Waals surface area contributed by atoms with E-state index in [9.17, 15) is 19.2 Å². The summed E-state index contributed by atoms with van der Waals surface area (Å²) in [6, 6.07) is 0. The third-order valence-electron chi connectivity index (χ3n) is 5.64. The van der Waals surface area contributed by atoms with Gasteiger partial charge in [0, 0.05) is 14.2 Å². The quantitative estimate of drug-likeness (QED) is 0.203. The highest BCUT2D eigenvalue weighted by atomic mass is 31.2. The smallest absolute Gasteiger partial charge is 0.334 e. The molecule has 0 spiro atoms. The van der Waals surface area contributed by atoms with Crippen molar-refractivity contribution in [2.45, 2.75) is 114 Å². The van der Waals surface area contributed by atoms with E-state index >= 15 is 0 Å². The van der Waals surface area contributed by atoms with E-state index in [1.165, 1.54) is 14.2 Å². The molecule has 1 saturated heterocycles. The molecule has 0 aromatic heterocycles. The van der Waals surface area contributed by atoms with Crippen LogP contribution in [0.3, 0.4) is 0 Å². The largest absolute Gasteiger partial charge is 0.462 e. The Labute approximate surface area is 245 Å². The maximum atomic E-state index is 13.2. The van der Waals surface area contributed by atoms with E-state index < -0.39 is 84.8 Å². The number of carbonyl (C=O) groups is 4. The van der Waals surface area contributed by atoms with E-state index in [4.69, 9.17) is 37.3 Å². The lowest BCUT2D eigenvalue weighted by molar-refractivity contribution is -0.295. The van der Waals surface area contributed by atoms with Crippen molar-refractivity contribution in [3.63, 3.8) is 0 Å². The average Bonchev–Trinajstić information content (AvgIpc) is 2.81. The first-order valence-corrected chi connectivity index (χ1v) is 14.5. The highest BCUT2D eigenvalue weighted by molar-refractivity contribution is 7.41. The molecule has 0 aliphatic carbocycles. The van der Waals surface area contributed by atoms with E-state index in [0.717, 1.165) is 0 Å². The summed E-state index contributed by atoms with van der Waals surface area (Å²) in [7, 11) is 0.696. The highest BCUT2D eigenvalue weighted by Crippen LogP contribution is 2.43. The molecule has 1 aliphatic heterocycles. The molecule has 0 bridgehead atoms. The van der Waals surface area contributed by atoms with Crippen molar-refractivity contribution < 1.29 is 56.4 Å². The molecule has 0 radical (unpaired) electrons. The van der Waals surface area contributed by atoms with Crippen molar-refractivity contribution >= 4 is 32.5 Å². The lowest BCUT2D eigenvalue weighted by atomic mass is 9.93. The Morgan fingerprint density at radius 3 is 1.32 bits per heavy atom. The van der Waals surface area contributed by atoms with Gasteiger partial charge in [0.2, 0.25) is 6.29 Å². The van der Waals surface area contributed by atoms with Crippen LogP contribution in [-0.2, 0) is 56.4 Å². The second-order valence-electron chi connectivity index (χ2n) is 13.9. The summed E-state index contributed by atoms with van der Waals surface area (Å²) in [6.45, 7) is 19.5. The molecule has 1 heterocycles. The fourth-order valence-electron chi connectivity index (χ4n) is 3.02. The van der Waals surface area contributed by atoms with Gasteiger partial charge in [0.05, 0.1) is 21.7 Å². The van der Waals surface area contributed by atoms with Crippen LogP contribution in [0, 0.1) is 21.7 Å². The number of hydrogen-bond donors (Lipinski definition) is 0. The van der Waals surface area contributed by atoms with Gasteiger partial charge in [0.15, 0.2) is 18.3 Å². The normalized spacial score (nSPS) is 24.0. The van der Waals surface area contributed by atoms with Crippen LogP contribution in [-0.4, -0.2) is 75.4 Å². The molecule has 0 aromatic carbocycles. The molecule has 0 saturated carbocycles. The summed E-state index contributed by atoms with van der Waals surface area (Å²) in [6.07, 6.45) is -6.80. The Balaban J connectivity index is 3.76. The van der Waals surface area contributed by atoms with E-state index in [-0.39, 0.29) is 6.61 Å². The minimum Gasteiger partial charge on any atom is -0.462 e. The lowest BCUT2D eigenvalue weighted by Gasteiger charge is -2.45. The molecule has 0 unspecified atom stereocenters. The topological polar surface area (TPSA) is 142 Å². The zero-order valence-electron chi connectivity index (χ0n) is 26.9. The fraction of sp³-hybridized carbons (Fsp3) is 0.857. The summed E-state index contributed by atoms with van der Waals surface area (Å²) >= 11 is 0. The second-order valence-corrected chi connectivity index (χ2v) is 15.3. The van der Waals surface area contributed by atoms with Crippen LogP contribution < -0.4 is 0 Å². The van der Waals surface area contributed by atoms with E-state index in [0.29, 0.717) is 0 Å². The molecular weight excluding hydrogens is 559 g/mol. The Morgan fingerprint density at radius 2 is 0.951 bits per heavy atom. The van der Waals surface area contributed by atoms with Gasteiger partial charge < -0.3 is 32.7 Å². The zero-order chi connectivity index (χ0) is 32.1. The molecule has 13 heteroatoms. The van der Waals surface area contributed by atoms with Crippen molar-refractivity contribution in [1.82, 2.24) is 0 Å². The molecule has 41 heavy (non-hydrogen) atoms. The Hall–Kier alpha value is -1.85. The summed E-state index contributed by atoms with van der Waals surface area (Å²) < 4.78 is 45.7. The Bertz CT molecular complexity index is 918. The van der Waals surface area contributed by atoms with Gasteiger partial charge in [-0.15, -0.1) is 0 Å². The Kier molecular flexibility index (Phi) is 12.8. The minimum atomic E-state index is -2.00. The number of hydrogen-bond acceptors (Lipinski definition) is 12. The third kappa shape index (κ3) is 11.1. The molecule has 0 N–H and O–H groups in total. The van der Waals surface area contributed by atoms with Gasteiger partial charge in [0.25, 0.3) is 0 Å². The van der Waals surface area contributed by atoms with Gasteiger partial charge in [0.1, 0.15) is 12.7 Å². The molecule has 1 fully saturated rings. The molecule has 238 valence electrons. The van der Waals surface area contributed by atoms with Crippen LogP contribution in [0.5, 0.6) is 0 Å². The number of esters is 4. The molecule has 1 rings (SSSR count). The first-order valence-electron chi connectivity index (χ1n) is 13.4. The predicted molar refractivity (Wildman–Crippen MR) is 149 cm³/mol. The van der Waals surface area contributed by atoms with Crippen molar-refractivity contribution in [3.05, 3.63) is 0 Å². The van der Waals surface area contributed by atoms with Crippen LogP contribution >= 0.6 is 8.60 Å². The highest BCUT2D eigenvalue weighted by Gasteiger charge is 2.55. The SMILES string of the molecule is COP(OC)O[C@@H]1O[C@H](COC(=O)C(C)(C)C)[C@@H](OC(=O)C(C)(C)C)[C@H](OC(=O)C(C)(C)C)[C@H]1OC(=O)C(C)(C)C. The molecule has 12 nitrogen and oxygen atoms in total. The standard InChI is InChI=1S/C28H49O12P/c1-25(2,3)21(29)35-15-16-17(37-22(30)26(4,5)6)18(38-23(31)27(7,8)9)19(39-24(32)28(10,11)12)20(36-16)40-41(33-13)34-14/h16-20H,15H2,1-14H3/t16-,17-,18+,19-,20+/m1/s1. The lowest BCUT2D eigenvalue weighted by Crippen LogP contribution is -2.64. The van der Waals surface area contributed by atoms with Crippen molar-refractivity contribution in [1.29, 1.82) is 0 Å². The van der Waals surface area contributed by atoms with Gasteiger partial charge >= 0.3 is 32.5 Å². The molecule has 5 atom stereocenters. The van der Waals surface area contributed by atoms with Gasteiger partial charge in [-0.3, -0.25) is 23.7 Å². The molecule has 0 amide bonds.